The van der Waals surface area contributed by atoms with Crippen LogP contribution in [0.1, 0.15) is 30.9 Å². The molecule has 0 unspecified atom stereocenters. The summed E-state index contributed by atoms with van der Waals surface area (Å²) in [6.07, 6.45) is 2.18. The van der Waals surface area contributed by atoms with Crippen LogP contribution >= 0.6 is 0 Å². The highest BCUT2D eigenvalue weighted by molar-refractivity contribution is 5.97. The smallest absolute Gasteiger partial charge is 0.170 e. The first-order chi connectivity index (χ1) is 9.67. The van der Waals surface area contributed by atoms with Crippen molar-refractivity contribution in [3.05, 3.63) is 35.1 Å². The van der Waals surface area contributed by atoms with Crippen LogP contribution in [0.25, 0.3) is 0 Å². The topological polar surface area (TPSA) is 79.9 Å². The van der Waals surface area contributed by atoms with Crippen molar-refractivity contribution in [2.75, 3.05) is 19.8 Å². The zero-order valence-electron chi connectivity index (χ0n) is 11.7. The molecule has 0 spiro atoms. The van der Waals surface area contributed by atoms with Gasteiger partial charge in [0, 0.05) is 25.3 Å². The number of halogens is 1. The molecule has 20 heavy (non-hydrogen) atoms. The molecule has 1 aromatic carbocycles. The summed E-state index contributed by atoms with van der Waals surface area (Å²) < 4.78 is 18.8. The van der Waals surface area contributed by atoms with E-state index < -0.39 is 5.82 Å². The van der Waals surface area contributed by atoms with Crippen molar-refractivity contribution in [2.24, 2.45) is 10.9 Å². The van der Waals surface area contributed by atoms with E-state index in [1.54, 1.807) is 6.07 Å². The number of amidine groups is 1. The van der Waals surface area contributed by atoms with Crippen LogP contribution in [0.2, 0.25) is 0 Å². The average Bonchev–Trinajstić information content (AvgIpc) is 2.45. The van der Waals surface area contributed by atoms with Crippen molar-refractivity contribution < 1.29 is 14.3 Å². The first-order valence-electron chi connectivity index (χ1n) is 6.73. The Morgan fingerprint density at radius 2 is 2.20 bits per heavy atom. The molecular formula is C14H22FN3O2. The van der Waals surface area contributed by atoms with Gasteiger partial charge in [-0.3, -0.25) is 0 Å². The van der Waals surface area contributed by atoms with E-state index in [2.05, 4.69) is 17.4 Å². The Bertz CT molecular complexity index is 438. The number of nitrogens with zero attached hydrogens (tertiary/aromatic N) is 1. The average molecular weight is 283 g/mol. The van der Waals surface area contributed by atoms with Crippen LogP contribution < -0.4 is 11.1 Å². The minimum atomic E-state index is -0.412. The third-order valence-corrected chi connectivity index (χ3v) is 2.76. The van der Waals surface area contributed by atoms with E-state index in [4.69, 9.17) is 15.7 Å². The highest BCUT2D eigenvalue weighted by atomic mass is 19.1. The van der Waals surface area contributed by atoms with Crippen LogP contribution in [-0.2, 0) is 11.3 Å². The van der Waals surface area contributed by atoms with Gasteiger partial charge in [-0.1, -0.05) is 18.5 Å². The first-order valence-corrected chi connectivity index (χ1v) is 6.73. The van der Waals surface area contributed by atoms with Crippen LogP contribution in [-0.4, -0.2) is 30.8 Å². The van der Waals surface area contributed by atoms with Crippen LogP contribution in [0, 0.1) is 5.82 Å². The Kier molecular flexibility index (Phi) is 7.60. The van der Waals surface area contributed by atoms with Crippen LogP contribution in [0.5, 0.6) is 0 Å². The molecular weight excluding hydrogens is 261 g/mol. The van der Waals surface area contributed by atoms with E-state index in [0.717, 1.165) is 25.0 Å². The molecule has 6 heteroatoms. The summed E-state index contributed by atoms with van der Waals surface area (Å²) in [6.45, 7) is 4.71. The second-order valence-electron chi connectivity index (χ2n) is 4.48. The summed E-state index contributed by atoms with van der Waals surface area (Å²) in [6, 6.07) is 4.33. The Morgan fingerprint density at radius 1 is 1.40 bits per heavy atom. The molecule has 0 aliphatic rings. The van der Waals surface area contributed by atoms with Gasteiger partial charge < -0.3 is 21.0 Å². The first kappa shape index (κ1) is 16.4. The summed E-state index contributed by atoms with van der Waals surface area (Å²) in [7, 11) is 0. The number of ether oxygens (including phenoxy) is 1. The van der Waals surface area contributed by atoms with Gasteiger partial charge in [-0.25, -0.2) is 4.39 Å². The van der Waals surface area contributed by atoms with Gasteiger partial charge in [0.25, 0.3) is 0 Å². The summed E-state index contributed by atoms with van der Waals surface area (Å²) in [4.78, 5) is 0. The molecule has 0 saturated carbocycles. The lowest BCUT2D eigenvalue weighted by Crippen LogP contribution is -2.20. The minimum Gasteiger partial charge on any atom is -0.409 e. The van der Waals surface area contributed by atoms with E-state index in [0.29, 0.717) is 25.3 Å². The SMILES string of the molecule is CCCCOCCNCc1cc(F)cc(/C(N)=N/O)c1. The Labute approximate surface area is 118 Å². The largest absolute Gasteiger partial charge is 0.409 e. The molecule has 0 saturated heterocycles. The van der Waals surface area contributed by atoms with Gasteiger partial charge in [0.05, 0.1) is 6.61 Å². The van der Waals surface area contributed by atoms with Gasteiger partial charge in [-0.2, -0.15) is 0 Å². The van der Waals surface area contributed by atoms with E-state index in [1.807, 2.05) is 0 Å². The zero-order valence-corrected chi connectivity index (χ0v) is 11.7. The van der Waals surface area contributed by atoms with Gasteiger partial charge >= 0.3 is 0 Å². The second kappa shape index (κ2) is 9.28. The van der Waals surface area contributed by atoms with Crippen LogP contribution in [0.3, 0.4) is 0 Å². The number of nitrogens with one attached hydrogen (secondary N) is 1. The monoisotopic (exact) mass is 283 g/mol. The number of oxime groups is 1. The molecule has 0 radical (unpaired) electrons. The standard InChI is InChI=1S/C14H22FN3O2/c1-2-3-5-20-6-4-17-10-11-7-12(14(16)18-19)9-13(15)8-11/h7-9,17,19H,2-6,10H2,1H3,(H2,16,18). The second-order valence-corrected chi connectivity index (χ2v) is 4.48. The van der Waals surface area contributed by atoms with E-state index in [1.165, 1.54) is 12.1 Å². The predicted octanol–water partition coefficient (Wildman–Crippen LogP) is 1.83. The third kappa shape index (κ3) is 5.99. The Hall–Kier alpha value is -1.66. The third-order valence-electron chi connectivity index (χ3n) is 2.76. The highest BCUT2D eigenvalue weighted by Crippen LogP contribution is 2.09. The van der Waals surface area contributed by atoms with Crippen molar-refractivity contribution in [1.29, 1.82) is 0 Å². The molecule has 1 aromatic rings. The van der Waals surface area contributed by atoms with Gasteiger partial charge in [0.15, 0.2) is 5.84 Å². The van der Waals surface area contributed by atoms with E-state index in [-0.39, 0.29) is 5.84 Å². The van der Waals surface area contributed by atoms with Gasteiger partial charge in [-0.05, 0) is 30.2 Å². The maximum absolute atomic E-state index is 13.4. The van der Waals surface area contributed by atoms with Crippen molar-refractivity contribution in [1.82, 2.24) is 5.32 Å². The van der Waals surface area contributed by atoms with Crippen LogP contribution in [0.4, 0.5) is 4.39 Å². The maximum atomic E-state index is 13.4. The fraction of sp³-hybridized carbons (Fsp3) is 0.500. The maximum Gasteiger partial charge on any atom is 0.170 e. The number of rotatable bonds is 9. The predicted molar refractivity (Wildman–Crippen MR) is 76.3 cm³/mol. The molecule has 0 aliphatic carbocycles. The number of hydrogen-bond acceptors (Lipinski definition) is 4. The summed E-state index contributed by atoms with van der Waals surface area (Å²) >= 11 is 0. The molecule has 112 valence electrons. The molecule has 0 aliphatic heterocycles. The van der Waals surface area contributed by atoms with Gasteiger partial charge in [-0.15, -0.1) is 0 Å². The minimum absolute atomic E-state index is 0.103. The van der Waals surface area contributed by atoms with E-state index in [9.17, 15) is 4.39 Å². The number of nitrogens with two attached hydrogens (primary N) is 1. The van der Waals surface area contributed by atoms with Crippen molar-refractivity contribution in [2.45, 2.75) is 26.3 Å². The fourth-order valence-corrected chi connectivity index (χ4v) is 1.68. The Balaban J connectivity index is 2.38. The molecule has 0 heterocycles. The summed E-state index contributed by atoms with van der Waals surface area (Å²) in [5, 5.41) is 14.6. The summed E-state index contributed by atoms with van der Waals surface area (Å²) in [5.74, 6) is -0.515. The molecule has 0 atom stereocenters. The lowest BCUT2D eigenvalue weighted by Gasteiger charge is -2.08. The Morgan fingerprint density at radius 3 is 2.90 bits per heavy atom. The van der Waals surface area contributed by atoms with Crippen LogP contribution in [0.15, 0.2) is 23.4 Å². The molecule has 0 fully saturated rings. The molecule has 1 rings (SSSR count). The van der Waals surface area contributed by atoms with Gasteiger partial charge in [0.1, 0.15) is 5.82 Å². The lowest BCUT2D eigenvalue weighted by atomic mass is 10.1. The highest BCUT2D eigenvalue weighted by Gasteiger charge is 2.04. The van der Waals surface area contributed by atoms with Crippen molar-refractivity contribution >= 4 is 5.84 Å². The molecule has 0 amide bonds. The normalized spacial score (nSPS) is 11.8. The fourth-order valence-electron chi connectivity index (χ4n) is 1.68. The number of benzene rings is 1. The number of hydrogen-bond donors (Lipinski definition) is 3. The molecule has 0 aromatic heterocycles. The van der Waals surface area contributed by atoms with Crippen molar-refractivity contribution in [3.63, 3.8) is 0 Å². The quantitative estimate of drug-likeness (QED) is 0.212. The number of unbranched alkanes of at least 4 members (excludes halogenated alkanes) is 1. The molecule has 0 bridgehead atoms. The molecule has 4 N–H and O–H groups in total. The molecule has 5 nitrogen and oxygen atoms in total. The zero-order chi connectivity index (χ0) is 14.8. The lowest BCUT2D eigenvalue weighted by molar-refractivity contribution is 0.133. The van der Waals surface area contributed by atoms with Gasteiger partial charge in [0.2, 0.25) is 0 Å². The summed E-state index contributed by atoms with van der Waals surface area (Å²) in [5.41, 5.74) is 6.55. The van der Waals surface area contributed by atoms with Crippen molar-refractivity contribution in [3.8, 4) is 0 Å². The van der Waals surface area contributed by atoms with E-state index >= 15 is 0 Å².